The molecule has 0 radical (unpaired) electrons. The number of carbonyl (C=O) groups excluding carboxylic acids is 1. The zero-order valence-electron chi connectivity index (χ0n) is 12.5. The molecular weight excluding hydrogens is 282 g/mol. The maximum atomic E-state index is 12.0. The first-order valence-corrected chi connectivity index (χ1v) is 7.47. The lowest BCUT2D eigenvalue weighted by atomic mass is 10.1. The minimum absolute atomic E-state index is 0.0740. The van der Waals surface area contributed by atoms with Gasteiger partial charge >= 0.3 is 5.97 Å². The Balaban J connectivity index is 1.73. The summed E-state index contributed by atoms with van der Waals surface area (Å²) in [4.78, 5) is 29.0. The number of imidazole rings is 1. The fourth-order valence-corrected chi connectivity index (χ4v) is 3.10. The summed E-state index contributed by atoms with van der Waals surface area (Å²) in [5, 5.41) is 8.67. The number of amides is 1. The van der Waals surface area contributed by atoms with Crippen molar-refractivity contribution in [3.05, 3.63) is 30.1 Å². The molecule has 1 aliphatic heterocycles. The van der Waals surface area contributed by atoms with Gasteiger partial charge in [0.1, 0.15) is 5.82 Å². The minimum atomic E-state index is -0.931. The second-order valence-corrected chi connectivity index (χ2v) is 5.74. The van der Waals surface area contributed by atoms with Crippen LogP contribution in [0.25, 0.3) is 11.0 Å². The number of aliphatic carboxylic acids is 1. The second kappa shape index (κ2) is 5.79. The van der Waals surface area contributed by atoms with Gasteiger partial charge in [-0.05, 0) is 18.6 Å². The fourth-order valence-electron chi connectivity index (χ4n) is 3.10. The number of hydrogen-bond donors (Lipinski definition) is 1. The lowest BCUT2D eigenvalue weighted by molar-refractivity contribution is -0.140. The molecule has 1 N–H and O–H groups in total. The van der Waals surface area contributed by atoms with Crippen molar-refractivity contribution in [1.82, 2.24) is 14.5 Å². The topological polar surface area (TPSA) is 75.4 Å². The van der Waals surface area contributed by atoms with E-state index >= 15 is 0 Å². The SMILES string of the molecule is Cn1c([C@H]2CCN(C(=O)CCC(=O)O)C2)nc2ccccc21. The largest absolute Gasteiger partial charge is 0.481 e. The summed E-state index contributed by atoms with van der Waals surface area (Å²) in [7, 11) is 2.00. The van der Waals surface area contributed by atoms with Crippen LogP contribution in [0.4, 0.5) is 0 Å². The summed E-state index contributed by atoms with van der Waals surface area (Å²) >= 11 is 0. The summed E-state index contributed by atoms with van der Waals surface area (Å²) in [6.45, 7) is 1.29. The van der Waals surface area contributed by atoms with Crippen LogP contribution in [0.3, 0.4) is 0 Å². The molecule has 0 bridgehead atoms. The zero-order chi connectivity index (χ0) is 15.7. The summed E-state index contributed by atoms with van der Waals surface area (Å²) in [6.07, 6.45) is 0.840. The van der Waals surface area contributed by atoms with E-state index in [9.17, 15) is 9.59 Å². The van der Waals surface area contributed by atoms with E-state index in [1.54, 1.807) is 4.90 Å². The van der Waals surface area contributed by atoms with Crippen LogP contribution in [0.15, 0.2) is 24.3 Å². The molecule has 6 nitrogen and oxygen atoms in total. The first kappa shape index (κ1) is 14.6. The van der Waals surface area contributed by atoms with E-state index in [1.807, 2.05) is 31.3 Å². The highest BCUT2D eigenvalue weighted by Gasteiger charge is 2.30. The number of aryl methyl sites for hydroxylation is 1. The Morgan fingerprint density at radius 2 is 2.09 bits per heavy atom. The number of hydrogen-bond acceptors (Lipinski definition) is 3. The molecular formula is C16H19N3O3. The van der Waals surface area contributed by atoms with Crippen molar-refractivity contribution in [3.63, 3.8) is 0 Å². The summed E-state index contributed by atoms with van der Waals surface area (Å²) in [6, 6.07) is 7.99. The van der Waals surface area contributed by atoms with Gasteiger partial charge in [0.15, 0.2) is 0 Å². The third-order valence-electron chi connectivity index (χ3n) is 4.28. The lowest BCUT2D eigenvalue weighted by Crippen LogP contribution is -2.29. The average molecular weight is 301 g/mol. The van der Waals surface area contributed by atoms with Crippen molar-refractivity contribution in [2.75, 3.05) is 13.1 Å². The quantitative estimate of drug-likeness (QED) is 0.933. The molecule has 116 valence electrons. The monoisotopic (exact) mass is 301 g/mol. The number of carbonyl (C=O) groups is 2. The van der Waals surface area contributed by atoms with Crippen molar-refractivity contribution in [2.45, 2.75) is 25.2 Å². The zero-order valence-corrected chi connectivity index (χ0v) is 12.5. The van der Waals surface area contributed by atoms with Gasteiger partial charge < -0.3 is 14.6 Å². The van der Waals surface area contributed by atoms with Gasteiger partial charge in [0, 0.05) is 32.5 Å². The van der Waals surface area contributed by atoms with Gasteiger partial charge in [-0.3, -0.25) is 9.59 Å². The molecule has 1 fully saturated rings. The molecule has 0 aliphatic carbocycles. The van der Waals surface area contributed by atoms with Crippen LogP contribution in [0.2, 0.25) is 0 Å². The van der Waals surface area contributed by atoms with Crippen molar-refractivity contribution in [2.24, 2.45) is 7.05 Å². The van der Waals surface area contributed by atoms with Crippen LogP contribution in [0.1, 0.15) is 31.0 Å². The number of nitrogens with zero attached hydrogens (tertiary/aromatic N) is 3. The molecule has 3 rings (SSSR count). The van der Waals surface area contributed by atoms with Gasteiger partial charge in [0.25, 0.3) is 0 Å². The molecule has 1 amide bonds. The maximum absolute atomic E-state index is 12.0. The van der Waals surface area contributed by atoms with E-state index in [0.29, 0.717) is 13.1 Å². The van der Waals surface area contributed by atoms with Gasteiger partial charge in [-0.2, -0.15) is 0 Å². The number of likely N-dealkylation sites (tertiary alicyclic amines) is 1. The molecule has 1 atom stereocenters. The van der Waals surface area contributed by atoms with Crippen LogP contribution in [0, 0.1) is 0 Å². The molecule has 1 saturated heterocycles. The van der Waals surface area contributed by atoms with Crippen LogP contribution in [-0.2, 0) is 16.6 Å². The Bertz CT molecular complexity index is 722. The number of aromatic nitrogens is 2. The van der Waals surface area contributed by atoms with Crippen LogP contribution < -0.4 is 0 Å². The van der Waals surface area contributed by atoms with Gasteiger partial charge in [0.2, 0.25) is 5.91 Å². The first-order valence-electron chi connectivity index (χ1n) is 7.47. The number of carboxylic acid groups (broad SMARTS) is 1. The first-order chi connectivity index (χ1) is 10.6. The number of para-hydroxylation sites is 2. The molecule has 2 heterocycles. The number of carboxylic acids is 1. The predicted octanol–water partition coefficient (Wildman–Crippen LogP) is 1.75. The molecule has 0 unspecified atom stereocenters. The maximum Gasteiger partial charge on any atom is 0.303 e. The molecule has 22 heavy (non-hydrogen) atoms. The Labute approximate surface area is 128 Å². The average Bonchev–Trinajstić information content (AvgIpc) is 3.10. The summed E-state index contributed by atoms with van der Waals surface area (Å²) in [5.74, 6) is 0.198. The Kier molecular flexibility index (Phi) is 3.83. The Morgan fingerprint density at radius 1 is 1.32 bits per heavy atom. The van der Waals surface area contributed by atoms with E-state index in [2.05, 4.69) is 4.57 Å². The van der Waals surface area contributed by atoms with Crippen molar-refractivity contribution >= 4 is 22.9 Å². The van der Waals surface area contributed by atoms with Crippen molar-refractivity contribution < 1.29 is 14.7 Å². The van der Waals surface area contributed by atoms with Gasteiger partial charge in [-0.25, -0.2) is 4.98 Å². The number of rotatable bonds is 4. The molecule has 1 aromatic heterocycles. The van der Waals surface area contributed by atoms with Crippen molar-refractivity contribution in [1.29, 1.82) is 0 Å². The minimum Gasteiger partial charge on any atom is -0.481 e. The predicted molar refractivity (Wildman–Crippen MR) is 81.5 cm³/mol. The molecule has 1 aliphatic rings. The highest BCUT2D eigenvalue weighted by Crippen LogP contribution is 2.29. The molecule has 2 aromatic rings. The van der Waals surface area contributed by atoms with E-state index in [4.69, 9.17) is 10.1 Å². The van der Waals surface area contributed by atoms with Crippen LogP contribution in [-0.4, -0.2) is 44.5 Å². The normalized spacial score (nSPS) is 18.0. The number of benzene rings is 1. The molecule has 0 spiro atoms. The van der Waals surface area contributed by atoms with Crippen LogP contribution in [0.5, 0.6) is 0 Å². The van der Waals surface area contributed by atoms with Gasteiger partial charge in [-0.1, -0.05) is 12.1 Å². The third-order valence-corrected chi connectivity index (χ3v) is 4.28. The van der Waals surface area contributed by atoms with E-state index in [1.165, 1.54) is 0 Å². The fraction of sp³-hybridized carbons (Fsp3) is 0.438. The Morgan fingerprint density at radius 3 is 2.82 bits per heavy atom. The lowest BCUT2D eigenvalue weighted by Gasteiger charge is -2.16. The molecule has 6 heteroatoms. The van der Waals surface area contributed by atoms with E-state index < -0.39 is 5.97 Å². The van der Waals surface area contributed by atoms with Gasteiger partial charge in [-0.15, -0.1) is 0 Å². The highest BCUT2D eigenvalue weighted by atomic mass is 16.4. The van der Waals surface area contributed by atoms with Crippen molar-refractivity contribution in [3.8, 4) is 0 Å². The third kappa shape index (κ3) is 2.68. The number of fused-ring (bicyclic) bond motifs is 1. The summed E-state index contributed by atoms with van der Waals surface area (Å²) in [5.41, 5.74) is 2.06. The van der Waals surface area contributed by atoms with Gasteiger partial charge in [0.05, 0.1) is 17.5 Å². The van der Waals surface area contributed by atoms with E-state index in [-0.39, 0.29) is 24.7 Å². The highest BCUT2D eigenvalue weighted by molar-refractivity contribution is 5.81. The summed E-state index contributed by atoms with van der Waals surface area (Å²) < 4.78 is 2.09. The Hall–Kier alpha value is -2.37. The second-order valence-electron chi connectivity index (χ2n) is 5.74. The molecule has 1 aromatic carbocycles. The molecule has 0 saturated carbocycles. The smallest absolute Gasteiger partial charge is 0.303 e. The van der Waals surface area contributed by atoms with E-state index in [0.717, 1.165) is 23.3 Å². The van der Waals surface area contributed by atoms with Crippen LogP contribution >= 0.6 is 0 Å². The standard InChI is InChI=1S/C16H19N3O3/c1-18-13-5-3-2-4-12(13)17-16(18)11-8-9-19(10-11)14(20)6-7-15(21)22/h2-5,11H,6-10H2,1H3,(H,21,22)/t11-/m0/s1.